The maximum atomic E-state index is 11.8. The average Bonchev–Trinajstić information content (AvgIpc) is 3.08. The van der Waals surface area contributed by atoms with Gasteiger partial charge in [-0.3, -0.25) is 4.90 Å². The molecule has 9 heteroatoms. The van der Waals surface area contributed by atoms with Gasteiger partial charge in [-0.2, -0.15) is 0 Å². The Bertz CT molecular complexity index is 752. The molecule has 3 rings (SSSR count). The number of imidazole rings is 1. The maximum absolute atomic E-state index is 11.8. The summed E-state index contributed by atoms with van der Waals surface area (Å²) in [6.45, 7) is 2.63. The number of piperidine rings is 1. The molecule has 0 unspecified atom stereocenters. The second-order valence-corrected chi connectivity index (χ2v) is 8.75. The highest BCUT2D eigenvalue weighted by atomic mass is 32.2. The van der Waals surface area contributed by atoms with E-state index in [1.54, 1.807) is 6.33 Å². The number of rotatable bonds is 4. The lowest BCUT2D eigenvalue weighted by Gasteiger charge is -2.31. The molecule has 1 aliphatic heterocycles. The van der Waals surface area contributed by atoms with Gasteiger partial charge in [-0.15, -0.1) is 5.10 Å². The third-order valence-electron chi connectivity index (χ3n) is 4.01. The number of likely N-dealkylation sites (tertiary alicyclic amines) is 1. The Balaban J connectivity index is 1.76. The van der Waals surface area contributed by atoms with Crippen LogP contribution >= 0.6 is 11.5 Å². The van der Waals surface area contributed by atoms with Gasteiger partial charge in [0.2, 0.25) is 0 Å². The molecule has 0 saturated carbocycles. The third kappa shape index (κ3) is 3.21. The first-order valence-corrected chi connectivity index (χ1v) is 9.81. The molecule has 1 atom stereocenters. The third-order valence-corrected chi connectivity index (χ3v) is 6.57. The Morgan fingerprint density at radius 2 is 2.27 bits per heavy atom. The lowest BCUT2D eigenvalue weighted by atomic mass is 9.95. The van der Waals surface area contributed by atoms with Crippen LogP contribution in [0.1, 0.15) is 30.1 Å². The maximum Gasteiger partial charge on any atom is 0.188 e. The summed E-state index contributed by atoms with van der Waals surface area (Å²) in [5.41, 5.74) is 1.79. The van der Waals surface area contributed by atoms with Crippen molar-refractivity contribution in [3.63, 3.8) is 0 Å². The monoisotopic (exact) mass is 341 g/mol. The highest BCUT2D eigenvalue weighted by molar-refractivity contribution is 7.92. The minimum atomic E-state index is -3.25. The number of hydrogen-bond donors (Lipinski definition) is 0. The fourth-order valence-electron chi connectivity index (χ4n) is 2.88. The zero-order chi connectivity index (χ0) is 15.7. The zero-order valence-electron chi connectivity index (χ0n) is 12.6. The van der Waals surface area contributed by atoms with Crippen LogP contribution in [0.25, 0.3) is 0 Å². The van der Waals surface area contributed by atoms with Crippen molar-refractivity contribution < 1.29 is 8.42 Å². The van der Waals surface area contributed by atoms with Crippen LogP contribution in [-0.2, 0) is 23.4 Å². The Labute approximate surface area is 134 Å². The molecule has 0 bridgehead atoms. The lowest BCUT2D eigenvalue weighted by molar-refractivity contribution is 0.194. The van der Waals surface area contributed by atoms with Crippen molar-refractivity contribution in [2.75, 3.05) is 19.3 Å². The molecule has 3 heterocycles. The van der Waals surface area contributed by atoms with E-state index < -0.39 is 9.84 Å². The molecule has 1 aliphatic rings. The molecule has 0 aromatic carbocycles. The molecule has 0 aliphatic carbocycles. The summed E-state index contributed by atoms with van der Waals surface area (Å²) in [4.78, 5) is 6.47. The van der Waals surface area contributed by atoms with E-state index in [1.165, 1.54) is 6.26 Å². The SMILES string of the molecule is Cn1cncc1CN1CCC[C@H](c2nnsc2S(C)(=O)=O)C1. The van der Waals surface area contributed by atoms with Gasteiger partial charge in [0.05, 0.1) is 17.7 Å². The van der Waals surface area contributed by atoms with E-state index in [0.29, 0.717) is 9.90 Å². The van der Waals surface area contributed by atoms with E-state index in [-0.39, 0.29) is 5.92 Å². The fourth-order valence-corrected chi connectivity index (χ4v) is 4.62. The number of nitrogens with zero attached hydrogens (tertiary/aromatic N) is 5. The summed E-state index contributed by atoms with van der Waals surface area (Å²) in [5.74, 6) is 0.130. The normalized spacial score (nSPS) is 20.4. The Hall–Kier alpha value is -1.32. The topological polar surface area (TPSA) is 81.0 Å². The van der Waals surface area contributed by atoms with E-state index in [1.807, 2.05) is 17.8 Å². The number of sulfone groups is 1. The van der Waals surface area contributed by atoms with Crippen molar-refractivity contribution in [2.45, 2.75) is 29.5 Å². The van der Waals surface area contributed by atoms with Gasteiger partial charge in [0.15, 0.2) is 14.0 Å². The molecule has 0 radical (unpaired) electrons. The highest BCUT2D eigenvalue weighted by Crippen LogP contribution is 2.32. The first kappa shape index (κ1) is 15.6. The van der Waals surface area contributed by atoms with Crippen molar-refractivity contribution in [1.82, 2.24) is 24.0 Å². The van der Waals surface area contributed by atoms with E-state index >= 15 is 0 Å². The summed E-state index contributed by atoms with van der Waals surface area (Å²) >= 11 is 0.977. The van der Waals surface area contributed by atoms with Crippen molar-refractivity contribution in [1.29, 1.82) is 0 Å². The molecule has 7 nitrogen and oxygen atoms in total. The minimum absolute atomic E-state index is 0.130. The van der Waals surface area contributed by atoms with Crippen LogP contribution in [0.5, 0.6) is 0 Å². The van der Waals surface area contributed by atoms with Gasteiger partial charge in [0.1, 0.15) is 0 Å². The second kappa shape index (κ2) is 6.05. The van der Waals surface area contributed by atoms with Crippen LogP contribution in [0.4, 0.5) is 0 Å². The smallest absolute Gasteiger partial charge is 0.188 e. The molecule has 2 aromatic heterocycles. The van der Waals surface area contributed by atoms with Crippen molar-refractivity contribution >= 4 is 21.4 Å². The van der Waals surface area contributed by atoms with Crippen LogP contribution in [-0.4, -0.2) is 51.8 Å². The predicted octanol–water partition coefficient (Wildman–Crippen LogP) is 1.05. The largest absolute Gasteiger partial charge is 0.337 e. The van der Waals surface area contributed by atoms with Crippen LogP contribution in [0, 0.1) is 0 Å². The molecule has 2 aromatic rings. The van der Waals surface area contributed by atoms with E-state index in [2.05, 4.69) is 19.5 Å². The van der Waals surface area contributed by atoms with Crippen molar-refractivity contribution in [3.05, 3.63) is 23.9 Å². The fraction of sp³-hybridized carbons (Fsp3) is 0.615. The Morgan fingerprint density at radius 3 is 2.95 bits per heavy atom. The summed E-state index contributed by atoms with van der Waals surface area (Å²) < 4.78 is 29.9. The Kier molecular flexibility index (Phi) is 4.28. The van der Waals surface area contributed by atoms with E-state index in [9.17, 15) is 8.42 Å². The molecule has 0 amide bonds. The molecular formula is C13H19N5O2S2. The van der Waals surface area contributed by atoms with Crippen LogP contribution in [0.2, 0.25) is 0 Å². The zero-order valence-corrected chi connectivity index (χ0v) is 14.3. The van der Waals surface area contributed by atoms with Gasteiger partial charge in [-0.25, -0.2) is 13.4 Å². The van der Waals surface area contributed by atoms with Gasteiger partial charge in [0, 0.05) is 50.0 Å². The van der Waals surface area contributed by atoms with Crippen LogP contribution in [0.15, 0.2) is 16.7 Å². The summed E-state index contributed by atoms with van der Waals surface area (Å²) in [5, 5.41) is 4.10. The first-order chi connectivity index (χ1) is 10.4. The standard InChI is InChI=1S/C13H19N5O2S2/c1-17-9-14-6-11(17)8-18-5-3-4-10(7-18)12-13(21-16-15-12)22(2,19)20/h6,9-10H,3-5,7-8H2,1-2H3/t10-/m0/s1. The predicted molar refractivity (Wildman–Crippen MR) is 83.5 cm³/mol. The molecule has 1 saturated heterocycles. The molecule has 22 heavy (non-hydrogen) atoms. The van der Waals surface area contributed by atoms with Gasteiger partial charge in [-0.05, 0) is 19.4 Å². The molecular weight excluding hydrogens is 322 g/mol. The number of aromatic nitrogens is 4. The lowest BCUT2D eigenvalue weighted by Crippen LogP contribution is -2.34. The van der Waals surface area contributed by atoms with Gasteiger partial charge >= 0.3 is 0 Å². The Morgan fingerprint density at radius 1 is 1.45 bits per heavy atom. The molecule has 1 fully saturated rings. The van der Waals surface area contributed by atoms with Crippen LogP contribution in [0.3, 0.4) is 0 Å². The van der Waals surface area contributed by atoms with Gasteiger partial charge < -0.3 is 4.57 Å². The average molecular weight is 341 g/mol. The van der Waals surface area contributed by atoms with E-state index in [0.717, 1.165) is 49.7 Å². The van der Waals surface area contributed by atoms with Crippen LogP contribution < -0.4 is 0 Å². The van der Waals surface area contributed by atoms with E-state index in [4.69, 9.17) is 0 Å². The first-order valence-electron chi connectivity index (χ1n) is 7.15. The molecule has 120 valence electrons. The summed E-state index contributed by atoms with van der Waals surface area (Å²) in [6.07, 6.45) is 6.87. The van der Waals surface area contributed by atoms with Gasteiger partial charge in [0.25, 0.3) is 0 Å². The minimum Gasteiger partial charge on any atom is -0.337 e. The van der Waals surface area contributed by atoms with Crippen molar-refractivity contribution in [2.24, 2.45) is 7.05 Å². The number of hydrogen-bond acceptors (Lipinski definition) is 7. The van der Waals surface area contributed by atoms with Gasteiger partial charge in [-0.1, -0.05) is 4.49 Å². The summed E-state index contributed by atoms with van der Waals surface area (Å²) in [6, 6.07) is 0. The molecule has 0 spiro atoms. The molecule has 0 N–H and O–H groups in total. The quantitative estimate of drug-likeness (QED) is 0.827. The number of aryl methyl sites for hydroxylation is 1. The van der Waals surface area contributed by atoms with Crippen molar-refractivity contribution in [3.8, 4) is 0 Å². The second-order valence-electron chi connectivity index (χ2n) is 5.79. The summed E-state index contributed by atoms with van der Waals surface area (Å²) in [7, 11) is -1.27. The highest BCUT2D eigenvalue weighted by Gasteiger charge is 2.29.